The van der Waals surface area contributed by atoms with Gasteiger partial charge in [-0.2, -0.15) is 0 Å². The Morgan fingerprint density at radius 1 is 1.73 bits per heavy atom. The monoisotopic (exact) mass is 233 g/mol. The third kappa shape index (κ3) is 2.15. The van der Waals surface area contributed by atoms with Gasteiger partial charge in [0.25, 0.3) is 0 Å². The van der Waals surface area contributed by atoms with Gasteiger partial charge in [0.2, 0.25) is 0 Å². The molecule has 0 spiro atoms. The van der Waals surface area contributed by atoms with E-state index in [9.17, 15) is 0 Å². The lowest BCUT2D eigenvalue weighted by atomic mass is 10.4. The Morgan fingerprint density at radius 2 is 2.45 bits per heavy atom. The standard InChI is InChI=1S/C6H8BrN3S/c1-11-6-9-3-4(2-8)5(7)10-6/h3H,2,8H2,1H3. The zero-order valence-corrected chi connectivity index (χ0v) is 8.44. The Morgan fingerprint density at radius 3 is 2.91 bits per heavy atom. The molecule has 0 unspecified atom stereocenters. The molecule has 0 radical (unpaired) electrons. The minimum atomic E-state index is 0.468. The van der Waals surface area contributed by atoms with Crippen LogP contribution in [0.4, 0.5) is 0 Å². The van der Waals surface area contributed by atoms with Crippen molar-refractivity contribution >= 4 is 27.7 Å². The van der Waals surface area contributed by atoms with Gasteiger partial charge in [-0.1, -0.05) is 11.8 Å². The summed E-state index contributed by atoms with van der Waals surface area (Å²) in [5.74, 6) is 0. The van der Waals surface area contributed by atoms with Gasteiger partial charge in [-0.15, -0.1) is 0 Å². The van der Waals surface area contributed by atoms with Crippen LogP contribution in [0, 0.1) is 0 Å². The van der Waals surface area contributed by atoms with E-state index in [1.54, 1.807) is 6.20 Å². The van der Waals surface area contributed by atoms with Crippen LogP contribution in [0.5, 0.6) is 0 Å². The first-order valence-electron chi connectivity index (χ1n) is 3.03. The summed E-state index contributed by atoms with van der Waals surface area (Å²) in [4.78, 5) is 8.22. The second-order valence-electron chi connectivity index (χ2n) is 1.88. The SMILES string of the molecule is CSc1ncc(CN)c(Br)n1. The Balaban J connectivity index is 2.99. The van der Waals surface area contributed by atoms with Crippen molar-refractivity contribution in [1.29, 1.82) is 0 Å². The number of nitrogens with zero attached hydrogens (tertiary/aromatic N) is 2. The number of halogens is 1. The molecule has 0 aliphatic carbocycles. The van der Waals surface area contributed by atoms with Crippen LogP contribution < -0.4 is 5.73 Å². The average molecular weight is 234 g/mol. The van der Waals surface area contributed by atoms with Gasteiger partial charge in [-0.3, -0.25) is 0 Å². The van der Waals surface area contributed by atoms with Gasteiger partial charge in [-0.05, 0) is 22.2 Å². The molecule has 3 nitrogen and oxygen atoms in total. The van der Waals surface area contributed by atoms with E-state index in [0.717, 1.165) is 15.3 Å². The van der Waals surface area contributed by atoms with Crippen molar-refractivity contribution in [3.05, 3.63) is 16.4 Å². The van der Waals surface area contributed by atoms with Crippen LogP contribution in [0.25, 0.3) is 0 Å². The highest BCUT2D eigenvalue weighted by atomic mass is 79.9. The Bertz CT molecular complexity index is 254. The molecule has 0 bridgehead atoms. The van der Waals surface area contributed by atoms with Crippen molar-refractivity contribution in [2.24, 2.45) is 5.73 Å². The molecule has 0 aliphatic rings. The lowest BCUT2D eigenvalue weighted by Gasteiger charge is -2.00. The molecular formula is C6H8BrN3S. The van der Waals surface area contributed by atoms with E-state index in [-0.39, 0.29) is 0 Å². The number of thioether (sulfide) groups is 1. The Hall–Kier alpha value is -0.130. The maximum Gasteiger partial charge on any atom is 0.188 e. The van der Waals surface area contributed by atoms with E-state index in [2.05, 4.69) is 25.9 Å². The molecule has 0 fully saturated rings. The lowest BCUT2D eigenvalue weighted by molar-refractivity contribution is 0.895. The lowest BCUT2D eigenvalue weighted by Crippen LogP contribution is -2.00. The highest BCUT2D eigenvalue weighted by Crippen LogP contribution is 2.16. The molecule has 5 heteroatoms. The summed E-state index contributed by atoms with van der Waals surface area (Å²) in [5, 5.41) is 0.758. The van der Waals surface area contributed by atoms with E-state index in [1.807, 2.05) is 6.26 Å². The Kier molecular flexibility index (Phi) is 3.29. The van der Waals surface area contributed by atoms with Crippen molar-refractivity contribution in [3.63, 3.8) is 0 Å². The predicted molar refractivity (Wildman–Crippen MR) is 49.4 cm³/mol. The van der Waals surface area contributed by atoms with Crippen LogP contribution in [0.3, 0.4) is 0 Å². The summed E-state index contributed by atoms with van der Waals surface area (Å²) in [6.45, 7) is 0.468. The largest absolute Gasteiger partial charge is 0.326 e. The molecular weight excluding hydrogens is 226 g/mol. The summed E-state index contributed by atoms with van der Waals surface area (Å²) < 4.78 is 0.791. The van der Waals surface area contributed by atoms with E-state index < -0.39 is 0 Å². The molecule has 0 saturated heterocycles. The van der Waals surface area contributed by atoms with Crippen LogP contribution in [0.2, 0.25) is 0 Å². The van der Waals surface area contributed by atoms with Gasteiger partial charge in [0.1, 0.15) is 4.60 Å². The van der Waals surface area contributed by atoms with Gasteiger partial charge < -0.3 is 5.73 Å². The number of rotatable bonds is 2. The van der Waals surface area contributed by atoms with Crippen molar-refractivity contribution in [2.45, 2.75) is 11.7 Å². The number of hydrogen-bond donors (Lipinski definition) is 1. The van der Waals surface area contributed by atoms with Gasteiger partial charge in [0.15, 0.2) is 5.16 Å². The first-order chi connectivity index (χ1) is 5.27. The van der Waals surface area contributed by atoms with Crippen LogP contribution in [-0.4, -0.2) is 16.2 Å². The molecule has 0 saturated carbocycles. The quantitative estimate of drug-likeness (QED) is 0.477. The molecule has 2 N–H and O–H groups in total. The fourth-order valence-electron chi connectivity index (χ4n) is 0.606. The highest BCUT2D eigenvalue weighted by Gasteiger charge is 2.00. The topological polar surface area (TPSA) is 51.8 Å². The number of aromatic nitrogens is 2. The maximum atomic E-state index is 5.43. The van der Waals surface area contributed by atoms with E-state index in [0.29, 0.717) is 6.54 Å². The molecule has 0 atom stereocenters. The maximum absolute atomic E-state index is 5.43. The third-order valence-electron chi connectivity index (χ3n) is 1.19. The van der Waals surface area contributed by atoms with Crippen molar-refractivity contribution in [2.75, 3.05) is 6.26 Å². The minimum absolute atomic E-state index is 0.468. The zero-order valence-electron chi connectivity index (χ0n) is 6.04. The first-order valence-corrected chi connectivity index (χ1v) is 5.05. The molecule has 1 heterocycles. The normalized spacial score (nSPS) is 10.1. The summed E-state index contributed by atoms with van der Waals surface area (Å²) in [7, 11) is 0. The van der Waals surface area contributed by atoms with Gasteiger partial charge in [0, 0.05) is 18.3 Å². The van der Waals surface area contributed by atoms with Gasteiger partial charge in [-0.25, -0.2) is 9.97 Å². The summed E-state index contributed by atoms with van der Waals surface area (Å²) in [5.41, 5.74) is 6.36. The average Bonchev–Trinajstić information content (AvgIpc) is 2.04. The molecule has 11 heavy (non-hydrogen) atoms. The second-order valence-corrected chi connectivity index (χ2v) is 3.40. The molecule has 0 amide bonds. The smallest absolute Gasteiger partial charge is 0.188 e. The Labute approximate surface area is 77.9 Å². The molecule has 1 aromatic heterocycles. The summed E-state index contributed by atoms with van der Waals surface area (Å²) in [6, 6.07) is 0. The second kappa shape index (κ2) is 4.04. The van der Waals surface area contributed by atoms with Gasteiger partial charge in [0.05, 0.1) is 0 Å². The van der Waals surface area contributed by atoms with E-state index in [1.165, 1.54) is 11.8 Å². The summed E-state index contributed by atoms with van der Waals surface area (Å²) in [6.07, 6.45) is 3.67. The third-order valence-corrected chi connectivity index (χ3v) is 2.44. The van der Waals surface area contributed by atoms with Crippen molar-refractivity contribution in [3.8, 4) is 0 Å². The van der Waals surface area contributed by atoms with Crippen LogP contribution in [-0.2, 0) is 6.54 Å². The molecule has 1 aromatic rings. The van der Waals surface area contributed by atoms with Crippen molar-refractivity contribution < 1.29 is 0 Å². The van der Waals surface area contributed by atoms with E-state index >= 15 is 0 Å². The van der Waals surface area contributed by atoms with Gasteiger partial charge >= 0.3 is 0 Å². The van der Waals surface area contributed by atoms with Crippen LogP contribution in [0.1, 0.15) is 5.56 Å². The summed E-state index contributed by atoms with van der Waals surface area (Å²) >= 11 is 4.81. The zero-order chi connectivity index (χ0) is 8.27. The molecule has 0 aliphatic heterocycles. The molecule has 1 rings (SSSR count). The minimum Gasteiger partial charge on any atom is -0.326 e. The molecule has 0 aromatic carbocycles. The number of nitrogens with two attached hydrogens (primary N) is 1. The fraction of sp³-hybridized carbons (Fsp3) is 0.333. The molecule has 60 valence electrons. The number of hydrogen-bond acceptors (Lipinski definition) is 4. The van der Waals surface area contributed by atoms with Crippen molar-refractivity contribution in [1.82, 2.24) is 9.97 Å². The van der Waals surface area contributed by atoms with Crippen LogP contribution in [0.15, 0.2) is 16.0 Å². The fourth-order valence-corrected chi connectivity index (χ4v) is 1.50. The highest BCUT2D eigenvalue weighted by molar-refractivity contribution is 9.10. The first kappa shape index (κ1) is 8.96. The van der Waals surface area contributed by atoms with E-state index in [4.69, 9.17) is 5.73 Å². The van der Waals surface area contributed by atoms with Crippen LogP contribution >= 0.6 is 27.7 Å². The predicted octanol–water partition coefficient (Wildman–Crippen LogP) is 1.42.